The summed E-state index contributed by atoms with van der Waals surface area (Å²) < 4.78 is 15.6. The molecule has 4 aromatic rings. The number of carbonyl (C=O) groups excluding carboxylic acids is 1. The van der Waals surface area contributed by atoms with Gasteiger partial charge in [-0.15, -0.1) is 0 Å². The first-order chi connectivity index (χ1) is 14.2. The molecule has 1 amide bonds. The molecule has 0 spiro atoms. The third-order valence-electron chi connectivity index (χ3n) is 4.82. The van der Waals surface area contributed by atoms with E-state index in [0.717, 1.165) is 29.9 Å². The van der Waals surface area contributed by atoms with Crippen molar-refractivity contribution in [1.29, 1.82) is 0 Å². The summed E-state index contributed by atoms with van der Waals surface area (Å²) in [7, 11) is 0. The van der Waals surface area contributed by atoms with E-state index in [1.165, 1.54) is 24.0 Å². The number of carbonyl (C=O) groups is 1. The van der Waals surface area contributed by atoms with Crippen molar-refractivity contribution < 1.29 is 13.7 Å². The topological polar surface area (TPSA) is 94.1 Å². The smallest absolute Gasteiger partial charge is 0.279 e. The van der Waals surface area contributed by atoms with Gasteiger partial charge in [-0.05, 0) is 70.9 Å². The lowest BCUT2D eigenvalue weighted by Crippen LogP contribution is -2.11. The fourth-order valence-electron chi connectivity index (χ4n) is 3.37. The van der Waals surface area contributed by atoms with Gasteiger partial charge in [0, 0.05) is 23.2 Å². The molecule has 0 saturated carbocycles. The predicted octanol–water partition coefficient (Wildman–Crippen LogP) is 5.35. The standard InChI is InChI=1S/C20H15BrN4O3S/c21-17-8-7-15(27-17)18-22-20(29-25-18)23-19(26)14-10-16(28-24-14)13-6-5-11-3-1-2-4-12(11)9-13/h5-10H,1-4H2,(H,22,23,25,26). The molecule has 1 aliphatic rings. The van der Waals surface area contributed by atoms with Gasteiger partial charge in [0.25, 0.3) is 5.91 Å². The number of furan rings is 1. The Bertz CT molecular complexity index is 1200. The molecule has 0 aliphatic heterocycles. The van der Waals surface area contributed by atoms with Gasteiger partial charge in [0.2, 0.25) is 11.0 Å². The van der Waals surface area contributed by atoms with Gasteiger partial charge in [-0.2, -0.15) is 9.36 Å². The maximum atomic E-state index is 12.5. The van der Waals surface area contributed by atoms with Crippen LogP contribution in [0.15, 0.2) is 50.0 Å². The number of fused-ring (bicyclic) bond motifs is 1. The first-order valence-electron chi connectivity index (χ1n) is 9.15. The molecule has 7 nitrogen and oxygen atoms in total. The number of hydrogen-bond acceptors (Lipinski definition) is 7. The maximum Gasteiger partial charge on any atom is 0.279 e. The van der Waals surface area contributed by atoms with E-state index >= 15 is 0 Å². The van der Waals surface area contributed by atoms with Crippen LogP contribution in [0.5, 0.6) is 0 Å². The monoisotopic (exact) mass is 470 g/mol. The van der Waals surface area contributed by atoms with Gasteiger partial charge in [-0.25, -0.2) is 0 Å². The zero-order valence-electron chi connectivity index (χ0n) is 15.1. The molecule has 1 aromatic carbocycles. The lowest BCUT2D eigenvalue weighted by atomic mass is 9.90. The normalized spacial score (nSPS) is 13.3. The quantitative estimate of drug-likeness (QED) is 0.432. The van der Waals surface area contributed by atoms with Crippen LogP contribution < -0.4 is 5.32 Å². The minimum atomic E-state index is -0.402. The highest BCUT2D eigenvalue weighted by Gasteiger charge is 2.18. The molecule has 1 aliphatic carbocycles. The predicted molar refractivity (Wildman–Crippen MR) is 112 cm³/mol. The second-order valence-electron chi connectivity index (χ2n) is 6.75. The third kappa shape index (κ3) is 3.75. The lowest BCUT2D eigenvalue weighted by Gasteiger charge is -2.15. The van der Waals surface area contributed by atoms with E-state index in [2.05, 4.69) is 47.9 Å². The molecule has 5 rings (SSSR count). The van der Waals surface area contributed by atoms with Gasteiger partial charge in [0.05, 0.1) is 0 Å². The van der Waals surface area contributed by atoms with Crippen LogP contribution in [0.25, 0.3) is 22.9 Å². The highest BCUT2D eigenvalue weighted by Crippen LogP contribution is 2.29. The zero-order valence-corrected chi connectivity index (χ0v) is 17.5. The van der Waals surface area contributed by atoms with Crippen molar-refractivity contribution in [3.63, 3.8) is 0 Å². The van der Waals surface area contributed by atoms with E-state index in [0.29, 0.717) is 27.1 Å². The van der Waals surface area contributed by atoms with Crippen molar-refractivity contribution >= 4 is 38.5 Å². The Kier molecular flexibility index (Phi) is 4.76. The van der Waals surface area contributed by atoms with Crippen LogP contribution in [-0.4, -0.2) is 20.4 Å². The summed E-state index contributed by atoms with van der Waals surface area (Å²) in [4.78, 5) is 16.8. The van der Waals surface area contributed by atoms with Gasteiger partial charge in [-0.1, -0.05) is 17.3 Å². The summed E-state index contributed by atoms with van der Waals surface area (Å²) in [5.74, 6) is 1.10. The summed E-state index contributed by atoms with van der Waals surface area (Å²) in [5, 5.41) is 6.97. The van der Waals surface area contributed by atoms with Crippen molar-refractivity contribution in [2.24, 2.45) is 0 Å². The fraction of sp³-hybridized carbons (Fsp3) is 0.200. The molecule has 0 fully saturated rings. The number of benzene rings is 1. The van der Waals surface area contributed by atoms with Crippen LogP contribution in [-0.2, 0) is 12.8 Å². The number of nitrogens with one attached hydrogen (secondary N) is 1. The van der Waals surface area contributed by atoms with Gasteiger partial charge >= 0.3 is 0 Å². The molecule has 0 bridgehead atoms. The molecule has 9 heteroatoms. The van der Waals surface area contributed by atoms with Crippen LogP contribution in [0, 0.1) is 0 Å². The van der Waals surface area contributed by atoms with Crippen molar-refractivity contribution in [1.82, 2.24) is 14.5 Å². The average molecular weight is 471 g/mol. The van der Waals surface area contributed by atoms with Crippen molar-refractivity contribution in [2.45, 2.75) is 25.7 Å². The molecule has 3 aromatic heterocycles. The van der Waals surface area contributed by atoms with Gasteiger partial charge in [0.1, 0.15) is 0 Å². The molecular weight excluding hydrogens is 456 g/mol. The Labute approximate surface area is 178 Å². The maximum absolute atomic E-state index is 12.5. The van der Waals surface area contributed by atoms with Crippen LogP contribution in [0.1, 0.15) is 34.5 Å². The Morgan fingerprint density at radius 1 is 1.07 bits per heavy atom. The molecule has 0 atom stereocenters. The Hall–Kier alpha value is -2.78. The Morgan fingerprint density at radius 3 is 2.76 bits per heavy atom. The molecule has 146 valence electrons. The summed E-state index contributed by atoms with van der Waals surface area (Å²) in [6.07, 6.45) is 4.65. The van der Waals surface area contributed by atoms with Gasteiger partial charge < -0.3 is 8.94 Å². The number of anilines is 1. The van der Waals surface area contributed by atoms with Crippen LogP contribution in [0.3, 0.4) is 0 Å². The molecule has 1 N–H and O–H groups in total. The van der Waals surface area contributed by atoms with Crippen LogP contribution >= 0.6 is 27.5 Å². The molecule has 0 unspecified atom stereocenters. The Balaban J connectivity index is 1.32. The highest BCUT2D eigenvalue weighted by atomic mass is 79.9. The number of nitrogens with zero attached hydrogens (tertiary/aromatic N) is 3. The lowest BCUT2D eigenvalue weighted by molar-refractivity contribution is 0.101. The van der Waals surface area contributed by atoms with Crippen molar-refractivity contribution in [3.8, 4) is 22.9 Å². The van der Waals surface area contributed by atoms with E-state index < -0.39 is 5.91 Å². The van der Waals surface area contributed by atoms with E-state index in [1.54, 1.807) is 18.2 Å². The fourth-order valence-corrected chi connectivity index (χ4v) is 4.25. The Morgan fingerprint density at radius 2 is 1.93 bits per heavy atom. The third-order valence-corrected chi connectivity index (χ3v) is 5.87. The highest BCUT2D eigenvalue weighted by molar-refractivity contribution is 9.10. The number of halogens is 1. The van der Waals surface area contributed by atoms with Crippen molar-refractivity contribution in [2.75, 3.05) is 5.32 Å². The minimum absolute atomic E-state index is 0.190. The van der Waals surface area contributed by atoms with E-state index in [1.807, 2.05) is 6.07 Å². The van der Waals surface area contributed by atoms with E-state index in [9.17, 15) is 4.79 Å². The summed E-state index contributed by atoms with van der Waals surface area (Å²) in [6.45, 7) is 0. The van der Waals surface area contributed by atoms with Crippen LogP contribution in [0.4, 0.5) is 5.13 Å². The van der Waals surface area contributed by atoms with Crippen LogP contribution in [0.2, 0.25) is 0 Å². The zero-order chi connectivity index (χ0) is 19.8. The summed E-state index contributed by atoms with van der Waals surface area (Å²) in [5.41, 5.74) is 3.87. The van der Waals surface area contributed by atoms with Gasteiger partial charge in [0.15, 0.2) is 21.9 Å². The van der Waals surface area contributed by atoms with E-state index in [4.69, 9.17) is 8.94 Å². The molecular formula is C20H15BrN4O3S. The number of aryl methyl sites for hydroxylation is 2. The molecule has 0 saturated heterocycles. The molecule has 29 heavy (non-hydrogen) atoms. The van der Waals surface area contributed by atoms with E-state index in [-0.39, 0.29) is 5.69 Å². The average Bonchev–Trinajstić information content (AvgIpc) is 3.48. The number of hydrogen-bond donors (Lipinski definition) is 1. The first-order valence-corrected chi connectivity index (χ1v) is 10.7. The van der Waals surface area contributed by atoms with Gasteiger partial charge in [-0.3, -0.25) is 10.1 Å². The second kappa shape index (κ2) is 7.57. The SMILES string of the molecule is O=C(Nc1nc(-c2ccc(Br)o2)ns1)c1cc(-c2ccc3c(c2)CCCC3)on1. The number of aromatic nitrogens is 3. The first kappa shape index (κ1) is 18.3. The second-order valence-corrected chi connectivity index (χ2v) is 8.28. The molecule has 3 heterocycles. The minimum Gasteiger partial charge on any atom is -0.446 e. The summed E-state index contributed by atoms with van der Waals surface area (Å²) in [6, 6.07) is 11.4. The number of rotatable bonds is 4. The van der Waals surface area contributed by atoms with Crippen molar-refractivity contribution in [3.05, 3.63) is 57.9 Å². The largest absolute Gasteiger partial charge is 0.446 e. The number of amides is 1. The summed E-state index contributed by atoms with van der Waals surface area (Å²) >= 11 is 4.31. The molecule has 0 radical (unpaired) electrons.